The molecule has 0 amide bonds. The van der Waals surface area contributed by atoms with Gasteiger partial charge in [-0.2, -0.15) is 0 Å². The Morgan fingerprint density at radius 3 is 2.63 bits per heavy atom. The van der Waals surface area contributed by atoms with Crippen molar-refractivity contribution in [3.05, 3.63) is 51.1 Å². The first-order valence-electron chi connectivity index (χ1n) is 5.11. The number of aromatic nitrogens is 1. The van der Waals surface area contributed by atoms with Crippen molar-refractivity contribution in [2.24, 2.45) is 5.73 Å². The summed E-state index contributed by atoms with van der Waals surface area (Å²) in [7, 11) is 0. The zero-order valence-corrected chi connectivity index (χ0v) is 11.7. The molecule has 0 aliphatic carbocycles. The normalized spacial score (nSPS) is 10.3. The SMILES string of the molecule is N=C(N)c1ccnc(Oc2cc(Cl)ccc2Cl)c1Cl. The Bertz CT molecular complexity index is 646. The van der Waals surface area contributed by atoms with E-state index < -0.39 is 0 Å². The van der Waals surface area contributed by atoms with Crippen molar-refractivity contribution in [1.82, 2.24) is 4.98 Å². The predicted molar refractivity (Wildman–Crippen MR) is 76.8 cm³/mol. The number of pyridine rings is 1. The first-order valence-corrected chi connectivity index (χ1v) is 6.24. The van der Waals surface area contributed by atoms with Crippen molar-refractivity contribution in [1.29, 1.82) is 5.41 Å². The van der Waals surface area contributed by atoms with Gasteiger partial charge in [-0.3, -0.25) is 5.41 Å². The van der Waals surface area contributed by atoms with E-state index in [2.05, 4.69) is 4.98 Å². The number of nitrogen functional groups attached to an aromatic ring is 1. The molecule has 0 radical (unpaired) electrons. The van der Waals surface area contributed by atoms with Crippen LogP contribution in [0.4, 0.5) is 0 Å². The summed E-state index contributed by atoms with van der Waals surface area (Å²) < 4.78 is 5.50. The number of hydrogen-bond acceptors (Lipinski definition) is 3. The van der Waals surface area contributed by atoms with Gasteiger partial charge in [-0.1, -0.05) is 34.8 Å². The molecule has 98 valence electrons. The molecule has 7 heteroatoms. The fourth-order valence-electron chi connectivity index (χ4n) is 1.36. The number of ether oxygens (including phenoxy) is 1. The minimum atomic E-state index is -0.172. The third kappa shape index (κ3) is 3.10. The van der Waals surface area contributed by atoms with Crippen LogP contribution >= 0.6 is 34.8 Å². The van der Waals surface area contributed by atoms with Gasteiger partial charge in [0, 0.05) is 22.8 Å². The number of hydrogen-bond donors (Lipinski definition) is 2. The summed E-state index contributed by atoms with van der Waals surface area (Å²) in [5.41, 5.74) is 5.74. The Morgan fingerprint density at radius 2 is 1.95 bits per heavy atom. The van der Waals surface area contributed by atoms with E-state index in [-0.39, 0.29) is 16.7 Å². The fourth-order valence-corrected chi connectivity index (χ4v) is 1.93. The molecule has 1 aromatic carbocycles. The van der Waals surface area contributed by atoms with Crippen LogP contribution in [0, 0.1) is 5.41 Å². The molecule has 0 atom stereocenters. The second kappa shape index (κ2) is 5.65. The van der Waals surface area contributed by atoms with Gasteiger partial charge < -0.3 is 10.5 Å². The van der Waals surface area contributed by atoms with Gasteiger partial charge in [0.25, 0.3) is 0 Å². The third-order valence-electron chi connectivity index (χ3n) is 2.25. The van der Waals surface area contributed by atoms with Crippen molar-refractivity contribution in [3.63, 3.8) is 0 Å². The van der Waals surface area contributed by atoms with Crippen LogP contribution in [0.15, 0.2) is 30.5 Å². The minimum absolute atomic E-state index is 0.110. The van der Waals surface area contributed by atoms with Gasteiger partial charge in [-0.15, -0.1) is 0 Å². The molecule has 1 aromatic heterocycles. The zero-order valence-electron chi connectivity index (χ0n) is 9.45. The molecular weight excluding hydrogens is 309 g/mol. The molecular formula is C12H8Cl3N3O. The van der Waals surface area contributed by atoms with Crippen molar-refractivity contribution in [3.8, 4) is 11.6 Å². The van der Waals surface area contributed by atoms with Crippen LogP contribution in [-0.4, -0.2) is 10.8 Å². The largest absolute Gasteiger partial charge is 0.436 e. The van der Waals surface area contributed by atoms with E-state index in [1.165, 1.54) is 12.3 Å². The predicted octanol–water partition coefficient (Wildman–Crippen LogP) is 4.12. The number of rotatable bonds is 3. The Balaban J connectivity index is 2.41. The van der Waals surface area contributed by atoms with E-state index in [0.717, 1.165) is 0 Å². The number of nitrogens with zero attached hydrogens (tertiary/aromatic N) is 1. The highest BCUT2D eigenvalue weighted by Gasteiger charge is 2.13. The summed E-state index contributed by atoms with van der Waals surface area (Å²) in [4.78, 5) is 3.98. The Labute approximate surface area is 124 Å². The maximum absolute atomic E-state index is 7.39. The van der Waals surface area contributed by atoms with Crippen LogP contribution in [0.1, 0.15) is 5.56 Å². The lowest BCUT2D eigenvalue weighted by molar-refractivity contribution is 0.463. The van der Waals surface area contributed by atoms with E-state index in [9.17, 15) is 0 Å². The molecule has 19 heavy (non-hydrogen) atoms. The van der Waals surface area contributed by atoms with E-state index >= 15 is 0 Å². The number of amidine groups is 1. The molecule has 3 N–H and O–H groups in total. The van der Waals surface area contributed by atoms with Crippen LogP contribution in [0.5, 0.6) is 11.6 Å². The maximum Gasteiger partial charge on any atom is 0.238 e. The minimum Gasteiger partial charge on any atom is -0.436 e. The molecule has 0 unspecified atom stereocenters. The quantitative estimate of drug-likeness (QED) is 0.661. The smallest absolute Gasteiger partial charge is 0.238 e. The van der Waals surface area contributed by atoms with Crippen molar-refractivity contribution < 1.29 is 4.74 Å². The number of nitrogens with one attached hydrogen (secondary N) is 1. The second-order valence-corrected chi connectivity index (χ2v) is 4.79. The molecule has 0 saturated carbocycles. The summed E-state index contributed by atoms with van der Waals surface area (Å²) in [6.45, 7) is 0. The highest BCUT2D eigenvalue weighted by Crippen LogP contribution is 2.34. The van der Waals surface area contributed by atoms with Gasteiger partial charge in [0.2, 0.25) is 5.88 Å². The average molecular weight is 317 g/mol. The lowest BCUT2D eigenvalue weighted by Gasteiger charge is -2.10. The number of nitrogens with two attached hydrogens (primary N) is 1. The fraction of sp³-hybridized carbons (Fsp3) is 0. The van der Waals surface area contributed by atoms with Gasteiger partial charge >= 0.3 is 0 Å². The van der Waals surface area contributed by atoms with Gasteiger partial charge in [-0.25, -0.2) is 4.98 Å². The molecule has 0 saturated heterocycles. The molecule has 2 aromatic rings. The zero-order chi connectivity index (χ0) is 14.0. The Hall–Kier alpha value is -1.49. The molecule has 4 nitrogen and oxygen atoms in total. The number of benzene rings is 1. The van der Waals surface area contributed by atoms with Gasteiger partial charge in [0.15, 0.2) is 0 Å². The highest BCUT2D eigenvalue weighted by atomic mass is 35.5. The lowest BCUT2D eigenvalue weighted by Crippen LogP contribution is -2.12. The first kappa shape index (κ1) is 13.9. The van der Waals surface area contributed by atoms with Crippen LogP contribution in [-0.2, 0) is 0 Å². The van der Waals surface area contributed by atoms with Gasteiger partial charge in [0.1, 0.15) is 16.6 Å². The first-order chi connectivity index (χ1) is 8.99. The standard InChI is InChI=1S/C12H8Cl3N3O/c13-6-1-2-8(14)9(5-6)19-12-10(15)7(11(16)17)3-4-18-12/h1-5H,(H3,16,17). The Kier molecular flexibility index (Phi) is 4.14. The van der Waals surface area contributed by atoms with Gasteiger partial charge in [0.05, 0.1) is 5.02 Å². The molecule has 0 aliphatic rings. The van der Waals surface area contributed by atoms with Crippen LogP contribution in [0.3, 0.4) is 0 Å². The van der Waals surface area contributed by atoms with Gasteiger partial charge in [-0.05, 0) is 18.2 Å². The molecule has 0 spiro atoms. The average Bonchev–Trinajstić information content (AvgIpc) is 2.36. The lowest BCUT2D eigenvalue weighted by atomic mass is 10.2. The van der Waals surface area contributed by atoms with Crippen LogP contribution in [0.2, 0.25) is 15.1 Å². The highest BCUT2D eigenvalue weighted by molar-refractivity contribution is 6.35. The summed E-state index contributed by atoms with van der Waals surface area (Å²) in [6, 6.07) is 6.30. The summed E-state index contributed by atoms with van der Waals surface area (Å²) >= 11 is 17.9. The summed E-state index contributed by atoms with van der Waals surface area (Å²) in [5, 5.41) is 8.38. The summed E-state index contributed by atoms with van der Waals surface area (Å²) in [6.07, 6.45) is 1.44. The Morgan fingerprint density at radius 1 is 1.21 bits per heavy atom. The van der Waals surface area contributed by atoms with Crippen molar-refractivity contribution in [2.75, 3.05) is 0 Å². The number of halogens is 3. The summed E-state index contributed by atoms with van der Waals surface area (Å²) in [5.74, 6) is 0.261. The van der Waals surface area contributed by atoms with E-state index in [4.69, 9.17) is 50.7 Å². The molecule has 0 bridgehead atoms. The van der Waals surface area contributed by atoms with E-state index in [0.29, 0.717) is 21.4 Å². The monoisotopic (exact) mass is 315 g/mol. The third-order valence-corrected chi connectivity index (χ3v) is 3.16. The topological polar surface area (TPSA) is 72.0 Å². The van der Waals surface area contributed by atoms with E-state index in [1.807, 2.05) is 0 Å². The maximum atomic E-state index is 7.39. The van der Waals surface area contributed by atoms with Crippen molar-refractivity contribution in [2.45, 2.75) is 0 Å². The second-order valence-electron chi connectivity index (χ2n) is 3.57. The molecule has 0 fully saturated rings. The van der Waals surface area contributed by atoms with Crippen LogP contribution in [0.25, 0.3) is 0 Å². The molecule has 2 rings (SSSR count). The molecule has 0 aliphatic heterocycles. The van der Waals surface area contributed by atoms with Crippen molar-refractivity contribution >= 4 is 40.6 Å². The molecule has 1 heterocycles. The van der Waals surface area contributed by atoms with E-state index in [1.54, 1.807) is 18.2 Å². The van der Waals surface area contributed by atoms with Crippen LogP contribution < -0.4 is 10.5 Å².